The van der Waals surface area contributed by atoms with Gasteiger partial charge in [0.05, 0.1) is 5.69 Å². The van der Waals surface area contributed by atoms with Crippen LogP contribution >= 0.6 is 0 Å². The van der Waals surface area contributed by atoms with E-state index in [2.05, 4.69) is 33.8 Å². The topological polar surface area (TPSA) is 77.7 Å². The lowest BCUT2D eigenvalue weighted by Crippen LogP contribution is -2.28. The van der Waals surface area contributed by atoms with E-state index >= 15 is 0 Å². The monoisotopic (exact) mass is 368 g/mol. The second-order valence-corrected chi connectivity index (χ2v) is 6.37. The molecule has 1 amide bonds. The highest BCUT2D eigenvalue weighted by Crippen LogP contribution is 2.40. The van der Waals surface area contributed by atoms with Crippen molar-refractivity contribution in [2.24, 2.45) is 5.16 Å². The molecule has 0 bridgehead atoms. The van der Waals surface area contributed by atoms with E-state index < -0.39 is 0 Å². The van der Waals surface area contributed by atoms with Crippen LogP contribution in [0.3, 0.4) is 0 Å². The van der Waals surface area contributed by atoms with Gasteiger partial charge < -0.3 is 14.9 Å². The molecular weight excluding hydrogens is 344 g/mol. The third-order valence-corrected chi connectivity index (χ3v) is 4.37. The van der Waals surface area contributed by atoms with Crippen molar-refractivity contribution in [3.05, 3.63) is 53.7 Å². The van der Waals surface area contributed by atoms with Gasteiger partial charge in [-0.2, -0.15) is 0 Å². The number of hydrogen-bond acceptors (Lipinski definition) is 5. The molecule has 1 fully saturated rings. The van der Waals surface area contributed by atoms with E-state index in [9.17, 15) is 4.79 Å². The standard InChI is InChI=1S/C20H24N4O3/c1-14(19(23-26-3)20(25)21-2)10-12-27-18-9-11-24(22-18)17-6-4-5-16(13-17)15-7-8-15/h4-6,9-11,13,15H,7-8,12H2,1-3H3,(H,21,25). The van der Waals surface area contributed by atoms with Gasteiger partial charge >= 0.3 is 0 Å². The fourth-order valence-corrected chi connectivity index (χ4v) is 2.72. The van der Waals surface area contributed by atoms with E-state index in [0.29, 0.717) is 17.4 Å². The van der Waals surface area contributed by atoms with E-state index in [1.165, 1.54) is 25.5 Å². The summed E-state index contributed by atoms with van der Waals surface area (Å²) in [5.41, 5.74) is 3.26. The lowest BCUT2D eigenvalue weighted by molar-refractivity contribution is -0.114. The Kier molecular flexibility index (Phi) is 5.90. The van der Waals surface area contributed by atoms with Gasteiger partial charge in [-0.1, -0.05) is 17.3 Å². The third-order valence-electron chi connectivity index (χ3n) is 4.37. The minimum atomic E-state index is -0.314. The summed E-state index contributed by atoms with van der Waals surface area (Å²) in [5, 5.41) is 10.7. The SMILES string of the molecule is CNC(=O)C(=NOC)C(C)=CCOc1ccn(-c2cccc(C3CC3)c2)n1. The number of amides is 1. The highest BCUT2D eigenvalue weighted by atomic mass is 16.6. The molecule has 7 heteroatoms. The maximum Gasteiger partial charge on any atom is 0.273 e. The van der Waals surface area contributed by atoms with Crippen LogP contribution in [0.25, 0.3) is 5.69 Å². The number of carbonyl (C=O) groups is 1. The van der Waals surface area contributed by atoms with Gasteiger partial charge in [0.25, 0.3) is 5.91 Å². The molecule has 1 N–H and O–H groups in total. The van der Waals surface area contributed by atoms with Crippen LogP contribution in [-0.2, 0) is 9.63 Å². The number of hydrogen-bond donors (Lipinski definition) is 1. The van der Waals surface area contributed by atoms with E-state index in [-0.39, 0.29) is 18.2 Å². The van der Waals surface area contributed by atoms with Crippen LogP contribution < -0.4 is 10.1 Å². The number of ether oxygens (including phenoxy) is 1. The quantitative estimate of drug-likeness (QED) is 0.574. The first-order valence-electron chi connectivity index (χ1n) is 8.91. The normalized spacial score (nSPS) is 14.8. The van der Waals surface area contributed by atoms with Crippen LogP contribution in [0.5, 0.6) is 5.88 Å². The van der Waals surface area contributed by atoms with Gasteiger partial charge in [0.1, 0.15) is 13.7 Å². The molecule has 0 atom stereocenters. The van der Waals surface area contributed by atoms with Crippen molar-refractivity contribution in [2.45, 2.75) is 25.7 Å². The van der Waals surface area contributed by atoms with Gasteiger partial charge in [-0.15, -0.1) is 5.10 Å². The van der Waals surface area contributed by atoms with E-state index in [4.69, 9.17) is 9.57 Å². The molecule has 0 spiro atoms. The number of rotatable bonds is 8. The Bertz CT molecular complexity index is 866. The predicted molar refractivity (Wildman–Crippen MR) is 103 cm³/mol. The maximum absolute atomic E-state index is 11.8. The van der Waals surface area contributed by atoms with Crippen LogP contribution in [0.1, 0.15) is 31.2 Å². The molecule has 2 aromatic rings. The summed E-state index contributed by atoms with van der Waals surface area (Å²) in [6, 6.07) is 10.3. The first-order valence-corrected chi connectivity index (χ1v) is 8.91. The number of carbonyl (C=O) groups excluding carboxylic acids is 1. The van der Waals surface area contributed by atoms with Crippen LogP contribution in [0.15, 0.2) is 53.3 Å². The second-order valence-electron chi connectivity index (χ2n) is 6.37. The molecule has 7 nitrogen and oxygen atoms in total. The number of nitrogens with one attached hydrogen (secondary N) is 1. The number of oxime groups is 1. The Balaban J connectivity index is 1.63. The zero-order valence-electron chi connectivity index (χ0n) is 15.8. The van der Waals surface area contributed by atoms with Crippen molar-refractivity contribution in [3.63, 3.8) is 0 Å². The average Bonchev–Trinajstić information content (AvgIpc) is 3.44. The first kappa shape index (κ1) is 18.7. The largest absolute Gasteiger partial charge is 0.472 e. The van der Waals surface area contributed by atoms with E-state index in [1.807, 2.05) is 18.3 Å². The summed E-state index contributed by atoms with van der Waals surface area (Å²) in [4.78, 5) is 16.5. The minimum absolute atomic E-state index is 0.214. The van der Waals surface area contributed by atoms with Gasteiger partial charge in [0.15, 0.2) is 5.71 Å². The Labute approximate surface area is 158 Å². The molecule has 1 aromatic carbocycles. The van der Waals surface area contributed by atoms with Crippen LogP contribution in [0, 0.1) is 0 Å². The zero-order chi connectivity index (χ0) is 19.2. The van der Waals surface area contributed by atoms with Gasteiger partial charge in [-0.25, -0.2) is 4.68 Å². The summed E-state index contributed by atoms with van der Waals surface area (Å²) in [5.74, 6) is 0.902. The highest BCUT2D eigenvalue weighted by Gasteiger charge is 2.23. The summed E-state index contributed by atoms with van der Waals surface area (Å²) >= 11 is 0. The van der Waals surface area contributed by atoms with Crippen LogP contribution in [0.4, 0.5) is 0 Å². The molecule has 0 aliphatic heterocycles. The van der Waals surface area contributed by atoms with E-state index in [0.717, 1.165) is 5.69 Å². The number of nitrogens with zero attached hydrogens (tertiary/aromatic N) is 3. The molecule has 0 radical (unpaired) electrons. The smallest absolute Gasteiger partial charge is 0.273 e. The molecule has 1 saturated carbocycles. The first-order chi connectivity index (χ1) is 13.1. The molecule has 27 heavy (non-hydrogen) atoms. The lowest BCUT2D eigenvalue weighted by Gasteiger charge is -2.06. The van der Waals surface area contributed by atoms with Crippen molar-refractivity contribution in [1.82, 2.24) is 15.1 Å². The van der Waals surface area contributed by atoms with Crippen molar-refractivity contribution in [1.29, 1.82) is 0 Å². The minimum Gasteiger partial charge on any atom is -0.472 e. The van der Waals surface area contributed by atoms with Crippen molar-refractivity contribution >= 4 is 11.6 Å². The van der Waals surface area contributed by atoms with Crippen molar-refractivity contribution < 1.29 is 14.4 Å². The molecule has 142 valence electrons. The van der Waals surface area contributed by atoms with Gasteiger partial charge in [-0.3, -0.25) is 4.79 Å². The Morgan fingerprint density at radius 1 is 1.41 bits per heavy atom. The van der Waals surface area contributed by atoms with Crippen molar-refractivity contribution in [3.8, 4) is 11.6 Å². The van der Waals surface area contributed by atoms with Crippen LogP contribution in [0.2, 0.25) is 0 Å². The fraction of sp³-hybridized carbons (Fsp3) is 0.350. The number of benzene rings is 1. The van der Waals surface area contributed by atoms with Gasteiger partial charge in [0.2, 0.25) is 5.88 Å². The molecular formula is C20H24N4O3. The maximum atomic E-state index is 11.8. The summed E-state index contributed by atoms with van der Waals surface area (Å²) in [6.07, 6.45) is 6.18. The Morgan fingerprint density at radius 3 is 2.93 bits per heavy atom. The highest BCUT2D eigenvalue weighted by molar-refractivity contribution is 6.44. The summed E-state index contributed by atoms with van der Waals surface area (Å²) in [6.45, 7) is 2.04. The second kappa shape index (κ2) is 8.53. The molecule has 0 unspecified atom stereocenters. The molecule has 0 saturated heterocycles. The molecule has 1 aliphatic rings. The van der Waals surface area contributed by atoms with Crippen LogP contribution in [-0.4, -0.2) is 42.2 Å². The van der Waals surface area contributed by atoms with Crippen molar-refractivity contribution in [2.75, 3.05) is 20.8 Å². The zero-order valence-corrected chi connectivity index (χ0v) is 15.8. The molecule has 1 heterocycles. The Morgan fingerprint density at radius 2 is 2.22 bits per heavy atom. The molecule has 1 aliphatic carbocycles. The van der Waals surface area contributed by atoms with Gasteiger partial charge in [0, 0.05) is 19.3 Å². The predicted octanol–water partition coefficient (Wildman–Crippen LogP) is 2.82. The molecule has 1 aromatic heterocycles. The number of aromatic nitrogens is 2. The summed E-state index contributed by atoms with van der Waals surface area (Å²) < 4.78 is 7.48. The summed E-state index contributed by atoms with van der Waals surface area (Å²) in [7, 11) is 2.94. The lowest BCUT2D eigenvalue weighted by atomic mass is 10.1. The average molecular weight is 368 g/mol. The third kappa shape index (κ3) is 4.75. The van der Waals surface area contributed by atoms with Gasteiger partial charge in [-0.05, 0) is 55.0 Å². The van der Waals surface area contributed by atoms with E-state index in [1.54, 1.807) is 24.7 Å². The Hall–Kier alpha value is -3.09. The fourth-order valence-electron chi connectivity index (χ4n) is 2.72. The molecule has 3 rings (SSSR count).